The minimum Gasteiger partial charge on any atom is -0.477 e. The predicted molar refractivity (Wildman–Crippen MR) is 69.0 cm³/mol. The van der Waals surface area contributed by atoms with E-state index in [1.807, 2.05) is 30.3 Å². The van der Waals surface area contributed by atoms with Gasteiger partial charge in [0, 0.05) is 11.8 Å². The fraction of sp³-hybridized carbons (Fsp3) is 0.0714. The van der Waals surface area contributed by atoms with Crippen molar-refractivity contribution in [3.63, 3.8) is 0 Å². The molecule has 19 heavy (non-hydrogen) atoms. The number of carboxylic acids is 1. The fourth-order valence-corrected chi connectivity index (χ4v) is 1.62. The lowest BCUT2D eigenvalue weighted by molar-refractivity contribution is -0.132. The van der Waals surface area contributed by atoms with Gasteiger partial charge in [-0.05, 0) is 11.6 Å². The van der Waals surface area contributed by atoms with Crippen molar-refractivity contribution in [2.45, 2.75) is 6.54 Å². The Labute approximate surface area is 110 Å². The molecule has 1 N–H and O–H groups in total. The summed E-state index contributed by atoms with van der Waals surface area (Å²) >= 11 is 0. The van der Waals surface area contributed by atoms with Crippen LogP contribution in [0, 0.1) is 11.3 Å². The van der Waals surface area contributed by atoms with Crippen LogP contribution in [0.1, 0.15) is 11.1 Å². The van der Waals surface area contributed by atoms with Crippen LogP contribution >= 0.6 is 0 Å². The first-order valence-corrected chi connectivity index (χ1v) is 5.60. The quantitative estimate of drug-likeness (QED) is 0.667. The van der Waals surface area contributed by atoms with Crippen LogP contribution in [-0.2, 0) is 11.3 Å². The molecule has 0 spiro atoms. The van der Waals surface area contributed by atoms with Crippen molar-refractivity contribution in [2.75, 3.05) is 0 Å². The molecule has 94 valence electrons. The number of aliphatic carboxylic acids is 1. The van der Waals surface area contributed by atoms with Crippen molar-refractivity contribution >= 4 is 12.0 Å². The van der Waals surface area contributed by atoms with Gasteiger partial charge in [-0.25, -0.2) is 4.79 Å². The van der Waals surface area contributed by atoms with Crippen LogP contribution in [0.5, 0.6) is 0 Å². The Morgan fingerprint density at radius 3 is 2.79 bits per heavy atom. The second-order valence-corrected chi connectivity index (χ2v) is 3.93. The van der Waals surface area contributed by atoms with Gasteiger partial charge in [-0.2, -0.15) is 10.4 Å². The smallest absolute Gasteiger partial charge is 0.346 e. The van der Waals surface area contributed by atoms with E-state index < -0.39 is 5.97 Å². The summed E-state index contributed by atoms with van der Waals surface area (Å²) in [7, 11) is 0. The Balaban J connectivity index is 2.16. The minimum atomic E-state index is -1.24. The van der Waals surface area contributed by atoms with E-state index in [1.165, 1.54) is 12.3 Å². The molecule has 0 fully saturated rings. The van der Waals surface area contributed by atoms with E-state index in [1.54, 1.807) is 16.9 Å². The van der Waals surface area contributed by atoms with Crippen LogP contribution in [-0.4, -0.2) is 20.9 Å². The van der Waals surface area contributed by atoms with Crippen molar-refractivity contribution < 1.29 is 9.90 Å². The monoisotopic (exact) mass is 253 g/mol. The molecule has 1 aromatic carbocycles. The van der Waals surface area contributed by atoms with Gasteiger partial charge in [0.1, 0.15) is 11.6 Å². The molecule has 0 saturated heterocycles. The zero-order chi connectivity index (χ0) is 13.7. The number of carbonyl (C=O) groups is 1. The predicted octanol–water partition coefficient (Wildman–Crippen LogP) is 1.92. The molecule has 1 heterocycles. The zero-order valence-electron chi connectivity index (χ0n) is 10.0. The molecule has 0 radical (unpaired) electrons. The minimum absolute atomic E-state index is 0.306. The molecule has 2 aromatic rings. The van der Waals surface area contributed by atoms with Crippen LogP contribution in [0.2, 0.25) is 0 Å². The molecular formula is C14H11N3O2. The molecule has 0 atom stereocenters. The molecule has 0 aliphatic carbocycles. The van der Waals surface area contributed by atoms with Gasteiger partial charge in [0.15, 0.2) is 0 Å². The van der Waals surface area contributed by atoms with Gasteiger partial charge in [0.2, 0.25) is 0 Å². The Kier molecular flexibility index (Phi) is 3.74. The fourth-order valence-electron chi connectivity index (χ4n) is 1.62. The van der Waals surface area contributed by atoms with Crippen molar-refractivity contribution in [3.05, 3.63) is 59.4 Å². The largest absolute Gasteiger partial charge is 0.477 e. The van der Waals surface area contributed by atoms with Gasteiger partial charge in [-0.15, -0.1) is 0 Å². The van der Waals surface area contributed by atoms with Crippen LogP contribution < -0.4 is 0 Å². The summed E-state index contributed by atoms with van der Waals surface area (Å²) in [5.74, 6) is -1.24. The normalized spacial score (nSPS) is 11.0. The average Bonchev–Trinajstić information content (AvgIpc) is 2.84. The number of benzene rings is 1. The molecule has 0 amide bonds. The molecule has 0 bridgehead atoms. The lowest BCUT2D eigenvalue weighted by Crippen LogP contribution is -1.99. The maximum absolute atomic E-state index is 10.7. The zero-order valence-corrected chi connectivity index (χ0v) is 10.0. The summed E-state index contributed by atoms with van der Waals surface area (Å²) in [6, 6.07) is 11.4. The highest BCUT2D eigenvalue weighted by molar-refractivity contribution is 5.96. The van der Waals surface area contributed by atoms with Gasteiger partial charge < -0.3 is 5.11 Å². The summed E-state index contributed by atoms with van der Waals surface area (Å²) in [5.41, 5.74) is 1.38. The molecule has 0 aliphatic heterocycles. The summed E-state index contributed by atoms with van der Waals surface area (Å²) in [5, 5.41) is 21.6. The first-order valence-electron chi connectivity index (χ1n) is 5.60. The third-order valence-corrected chi connectivity index (χ3v) is 2.50. The highest BCUT2D eigenvalue weighted by Crippen LogP contribution is 2.08. The summed E-state index contributed by atoms with van der Waals surface area (Å²) in [6.45, 7) is 0.601. The highest BCUT2D eigenvalue weighted by Gasteiger charge is 2.06. The number of aromatic nitrogens is 2. The summed E-state index contributed by atoms with van der Waals surface area (Å²) in [4.78, 5) is 10.7. The maximum atomic E-state index is 10.7. The van der Waals surface area contributed by atoms with E-state index in [2.05, 4.69) is 5.10 Å². The standard InChI is InChI=1S/C14H11N3O2/c15-7-13(14(18)19)6-12-8-16-17(10-12)9-11-4-2-1-3-5-11/h1-6,8,10H,9H2,(H,18,19). The Bertz CT molecular complexity index is 651. The van der Waals surface area contributed by atoms with Crippen LogP contribution in [0.25, 0.3) is 6.08 Å². The molecule has 1 aromatic heterocycles. The van der Waals surface area contributed by atoms with E-state index in [-0.39, 0.29) is 5.57 Å². The summed E-state index contributed by atoms with van der Waals surface area (Å²) < 4.78 is 1.69. The molecule has 0 saturated carbocycles. The van der Waals surface area contributed by atoms with Crippen molar-refractivity contribution in [3.8, 4) is 6.07 Å². The van der Waals surface area contributed by atoms with E-state index in [9.17, 15) is 4.79 Å². The van der Waals surface area contributed by atoms with Crippen molar-refractivity contribution in [1.29, 1.82) is 5.26 Å². The average molecular weight is 253 g/mol. The van der Waals surface area contributed by atoms with E-state index in [0.29, 0.717) is 12.1 Å². The Morgan fingerprint density at radius 1 is 1.42 bits per heavy atom. The van der Waals surface area contributed by atoms with Crippen molar-refractivity contribution in [2.24, 2.45) is 0 Å². The molecular weight excluding hydrogens is 242 g/mol. The van der Waals surface area contributed by atoms with E-state index >= 15 is 0 Å². The number of nitrogens with zero attached hydrogens (tertiary/aromatic N) is 3. The topological polar surface area (TPSA) is 78.9 Å². The van der Waals surface area contributed by atoms with Crippen LogP contribution in [0.4, 0.5) is 0 Å². The van der Waals surface area contributed by atoms with Gasteiger partial charge in [0.05, 0.1) is 12.7 Å². The van der Waals surface area contributed by atoms with Gasteiger partial charge >= 0.3 is 5.97 Å². The third-order valence-electron chi connectivity index (χ3n) is 2.50. The molecule has 5 nitrogen and oxygen atoms in total. The Hall–Kier alpha value is -2.87. The number of nitriles is 1. The van der Waals surface area contributed by atoms with Crippen molar-refractivity contribution in [1.82, 2.24) is 9.78 Å². The van der Waals surface area contributed by atoms with Crippen LogP contribution in [0.3, 0.4) is 0 Å². The highest BCUT2D eigenvalue weighted by atomic mass is 16.4. The lowest BCUT2D eigenvalue weighted by atomic mass is 10.2. The molecule has 2 rings (SSSR count). The molecule has 0 unspecified atom stereocenters. The Morgan fingerprint density at radius 2 is 2.16 bits per heavy atom. The van der Waals surface area contributed by atoms with Gasteiger partial charge in [-0.1, -0.05) is 30.3 Å². The van der Waals surface area contributed by atoms with Crippen LogP contribution in [0.15, 0.2) is 48.3 Å². The molecule has 5 heteroatoms. The number of hydrogen-bond acceptors (Lipinski definition) is 3. The van der Waals surface area contributed by atoms with Gasteiger partial charge in [0.25, 0.3) is 0 Å². The first-order chi connectivity index (χ1) is 9.19. The van der Waals surface area contributed by atoms with E-state index in [0.717, 1.165) is 5.56 Å². The lowest BCUT2D eigenvalue weighted by Gasteiger charge is -2.00. The first kappa shape index (κ1) is 12.6. The third kappa shape index (κ3) is 3.30. The number of rotatable bonds is 4. The molecule has 0 aliphatic rings. The number of carboxylic acid groups (broad SMARTS) is 1. The van der Waals surface area contributed by atoms with Gasteiger partial charge in [-0.3, -0.25) is 4.68 Å². The second-order valence-electron chi connectivity index (χ2n) is 3.93. The van der Waals surface area contributed by atoms with E-state index in [4.69, 9.17) is 10.4 Å². The second kappa shape index (κ2) is 5.65. The number of hydrogen-bond donors (Lipinski definition) is 1. The maximum Gasteiger partial charge on any atom is 0.346 e. The summed E-state index contributed by atoms with van der Waals surface area (Å²) in [6.07, 6.45) is 4.54. The SMILES string of the molecule is N#CC(=Cc1cnn(Cc2ccccc2)c1)C(=O)O.